The molecule has 3 rings (SSSR count). The molecule has 2 aliphatic heterocycles. The number of anilines is 1. The second kappa shape index (κ2) is 6.00. The quantitative estimate of drug-likeness (QED) is 0.780. The number of carbonyl (C=O) groups excluding carboxylic acids is 2. The van der Waals surface area contributed by atoms with Crippen molar-refractivity contribution in [2.45, 2.75) is 33.6 Å². The molecule has 1 aromatic rings. The maximum absolute atomic E-state index is 12.9. The van der Waals surface area contributed by atoms with Crippen LogP contribution < -0.4 is 4.90 Å². The Morgan fingerprint density at radius 2 is 1.91 bits per heavy atom. The molecule has 0 spiro atoms. The predicted molar refractivity (Wildman–Crippen MR) is 91.3 cm³/mol. The van der Waals surface area contributed by atoms with E-state index in [0.717, 1.165) is 37.1 Å². The minimum atomic E-state index is -0.420. The van der Waals surface area contributed by atoms with Gasteiger partial charge in [0.15, 0.2) is 0 Å². The average molecular weight is 333 g/mol. The van der Waals surface area contributed by atoms with E-state index in [1.807, 2.05) is 36.9 Å². The van der Waals surface area contributed by atoms with Crippen LogP contribution in [0, 0.1) is 19.8 Å². The number of piperidine rings is 1. The van der Waals surface area contributed by atoms with E-state index >= 15 is 0 Å². The van der Waals surface area contributed by atoms with E-state index in [2.05, 4.69) is 6.92 Å². The first-order valence-electron chi connectivity index (χ1n) is 8.01. The van der Waals surface area contributed by atoms with Crippen molar-refractivity contribution in [2.75, 3.05) is 18.0 Å². The smallest absolute Gasteiger partial charge is 0.283 e. The van der Waals surface area contributed by atoms with Crippen molar-refractivity contribution >= 4 is 29.1 Å². The SMILES string of the molecule is Cc1ccc(N2C(=O)C(Cl)=C(N3CCCC(C)C3)C2=O)c(C)c1. The zero-order valence-electron chi connectivity index (χ0n) is 13.7. The summed E-state index contributed by atoms with van der Waals surface area (Å²) in [6.07, 6.45) is 2.16. The van der Waals surface area contributed by atoms with Crippen LogP contribution in [0.1, 0.15) is 30.9 Å². The van der Waals surface area contributed by atoms with Crippen LogP contribution in [0.4, 0.5) is 5.69 Å². The second-order valence-electron chi connectivity index (χ2n) is 6.59. The number of rotatable bonds is 2. The van der Waals surface area contributed by atoms with Gasteiger partial charge in [0, 0.05) is 13.1 Å². The van der Waals surface area contributed by atoms with E-state index in [4.69, 9.17) is 11.6 Å². The minimum absolute atomic E-state index is 0.0454. The molecule has 0 aliphatic carbocycles. The number of hydrogen-bond acceptors (Lipinski definition) is 3. The Balaban J connectivity index is 1.95. The van der Waals surface area contributed by atoms with Gasteiger partial charge >= 0.3 is 0 Å². The van der Waals surface area contributed by atoms with Crippen LogP contribution in [-0.2, 0) is 9.59 Å². The van der Waals surface area contributed by atoms with Crippen LogP contribution in [0.25, 0.3) is 0 Å². The van der Waals surface area contributed by atoms with E-state index in [9.17, 15) is 9.59 Å². The molecule has 1 saturated heterocycles. The highest BCUT2D eigenvalue weighted by Crippen LogP contribution is 2.34. The van der Waals surface area contributed by atoms with E-state index in [1.165, 1.54) is 4.90 Å². The molecule has 0 aromatic heterocycles. The molecule has 1 unspecified atom stereocenters. The maximum Gasteiger partial charge on any atom is 0.283 e. The first-order chi connectivity index (χ1) is 10.9. The zero-order valence-corrected chi connectivity index (χ0v) is 14.5. The number of imide groups is 1. The molecule has 1 aromatic carbocycles. The zero-order chi connectivity index (χ0) is 16.7. The standard InChI is InChI=1S/C18H21ClN2O2/c1-11-6-7-14(13(3)9-11)21-17(22)15(19)16(18(21)23)20-8-4-5-12(2)10-20/h6-7,9,12H,4-5,8,10H2,1-3H3. The summed E-state index contributed by atoms with van der Waals surface area (Å²) in [6.45, 7) is 7.58. The summed E-state index contributed by atoms with van der Waals surface area (Å²) in [6, 6.07) is 5.68. The van der Waals surface area contributed by atoms with Gasteiger partial charge < -0.3 is 4.90 Å². The van der Waals surface area contributed by atoms with Gasteiger partial charge in [-0.25, -0.2) is 4.90 Å². The topological polar surface area (TPSA) is 40.6 Å². The molecule has 0 bridgehead atoms. The van der Waals surface area contributed by atoms with Crippen LogP contribution in [0.5, 0.6) is 0 Å². The van der Waals surface area contributed by atoms with Crippen molar-refractivity contribution in [2.24, 2.45) is 5.92 Å². The number of likely N-dealkylation sites (tertiary alicyclic amines) is 1. The average Bonchev–Trinajstić information content (AvgIpc) is 2.70. The highest BCUT2D eigenvalue weighted by atomic mass is 35.5. The van der Waals surface area contributed by atoms with Gasteiger partial charge in [-0.1, -0.05) is 36.2 Å². The molecule has 0 radical (unpaired) electrons. The third kappa shape index (κ3) is 2.76. The Hall–Kier alpha value is -1.81. The Bertz CT molecular complexity index is 711. The molecular weight excluding hydrogens is 312 g/mol. The third-order valence-electron chi connectivity index (χ3n) is 4.57. The van der Waals surface area contributed by atoms with E-state index in [0.29, 0.717) is 17.3 Å². The molecule has 122 valence electrons. The van der Waals surface area contributed by atoms with Crippen molar-refractivity contribution in [3.63, 3.8) is 0 Å². The Labute approximate surface area is 141 Å². The molecule has 2 heterocycles. The number of amides is 2. The highest BCUT2D eigenvalue weighted by Gasteiger charge is 2.42. The van der Waals surface area contributed by atoms with Gasteiger partial charge in [0.1, 0.15) is 10.7 Å². The van der Waals surface area contributed by atoms with Gasteiger partial charge in [0.05, 0.1) is 5.69 Å². The number of benzene rings is 1. The number of aryl methyl sites for hydroxylation is 2. The summed E-state index contributed by atoms with van der Waals surface area (Å²) >= 11 is 6.26. The van der Waals surface area contributed by atoms with Crippen LogP contribution in [0.3, 0.4) is 0 Å². The summed E-state index contributed by atoms with van der Waals surface area (Å²) in [7, 11) is 0. The first-order valence-corrected chi connectivity index (χ1v) is 8.38. The molecule has 4 nitrogen and oxygen atoms in total. The van der Waals surface area contributed by atoms with Gasteiger partial charge in [-0.3, -0.25) is 9.59 Å². The van der Waals surface area contributed by atoms with Gasteiger partial charge in [-0.05, 0) is 44.2 Å². The lowest BCUT2D eigenvalue weighted by Crippen LogP contribution is -2.39. The van der Waals surface area contributed by atoms with Crippen molar-refractivity contribution in [1.82, 2.24) is 4.90 Å². The van der Waals surface area contributed by atoms with Gasteiger partial charge in [0.25, 0.3) is 11.8 Å². The van der Waals surface area contributed by atoms with Gasteiger partial charge in [0.2, 0.25) is 0 Å². The van der Waals surface area contributed by atoms with Crippen molar-refractivity contribution in [1.29, 1.82) is 0 Å². The maximum atomic E-state index is 12.9. The molecule has 1 atom stereocenters. The van der Waals surface area contributed by atoms with Gasteiger partial charge in [-0.2, -0.15) is 0 Å². The fraction of sp³-hybridized carbons (Fsp3) is 0.444. The van der Waals surface area contributed by atoms with Crippen LogP contribution >= 0.6 is 11.6 Å². The van der Waals surface area contributed by atoms with Crippen LogP contribution in [0.2, 0.25) is 0 Å². The summed E-state index contributed by atoms with van der Waals surface area (Å²) in [5.74, 6) is -0.225. The second-order valence-corrected chi connectivity index (χ2v) is 6.97. The van der Waals surface area contributed by atoms with Crippen molar-refractivity contribution in [3.05, 3.63) is 40.1 Å². The lowest BCUT2D eigenvalue weighted by Gasteiger charge is -2.33. The fourth-order valence-corrected chi connectivity index (χ4v) is 3.72. The lowest BCUT2D eigenvalue weighted by molar-refractivity contribution is -0.121. The normalized spacial score (nSPS) is 22.3. The molecule has 1 fully saturated rings. The number of carbonyl (C=O) groups is 2. The number of halogens is 1. The summed E-state index contributed by atoms with van der Waals surface area (Å²) in [5, 5.41) is 0.0454. The summed E-state index contributed by atoms with van der Waals surface area (Å²) < 4.78 is 0. The third-order valence-corrected chi connectivity index (χ3v) is 4.91. The summed E-state index contributed by atoms with van der Waals surface area (Å²) in [5.41, 5.74) is 2.96. The van der Waals surface area contributed by atoms with Crippen LogP contribution in [-0.4, -0.2) is 29.8 Å². The Morgan fingerprint density at radius 1 is 1.17 bits per heavy atom. The molecular formula is C18H21ClN2O2. The van der Waals surface area contributed by atoms with Crippen molar-refractivity contribution in [3.8, 4) is 0 Å². The molecule has 0 N–H and O–H groups in total. The molecule has 2 amide bonds. The highest BCUT2D eigenvalue weighted by molar-refractivity contribution is 6.52. The van der Waals surface area contributed by atoms with E-state index < -0.39 is 5.91 Å². The largest absolute Gasteiger partial charge is 0.365 e. The van der Waals surface area contributed by atoms with E-state index in [-0.39, 0.29) is 10.9 Å². The first kappa shape index (κ1) is 16.1. The van der Waals surface area contributed by atoms with Crippen molar-refractivity contribution < 1.29 is 9.59 Å². The van der Waals surface area contributed by atoms with E-state index in [1.54, 1.807) is 0 Å². The lowest BCUT2D eigenvalue weighted by atomic mass is 10.00. The number of nitrogens with zero attached hydrogens (tertiary/aromatic N) is 2. The Kier molecular flexibility index (Phi) is 4.19. The monoisotopic (exact) mass is 332 g/mol. The molecule has 23 heavy (non-hydrogen) atoms. The minimum Gasteiger partial charge on any atom is -0.365 e. The predicted octanol–water partition coefficient (Wildman–Crippen LogP) is 3.36. The molecule has 0 saturated carbocycles. The fourth-order valence-electron chi connectivity index (χ4n) is 3.43. The number of hydrogen-bond donors (Lipinski definition) is 0. The molecule has 5 heteroatoms. The van der Waals surface area contributed by atoms with Gasteiger partial charge in [-0.15, -0.1) is 0 Å². The molecule has 2 aliphatic rings. The van der Waals surface area contributed by atoms with Crippen LogP contribution in [0.15, 0.2) is 28.9 Å². The summed E-state index contributed by atoms with van der Waals surface area (Å²) in [4.78, 5) is 28.7. The Morgan fingerprint density at radius 3 is 2.57 bits per heavy atom.